The van der Waals surface area contributed by atoms with Crippen molar-refractivity contribution in [2.75, 3.05) is 31.6 Å². The number of ether oxygens (including phenoxy) is 1. The molecule has 86 valence electrons. The van der Waals surface area contributed by atoms with Crippen molar-refractivity contribution in [3.05, 3.63) is 29.3 Å². The molecule has 0 aromatic heterocycles. The standard InChI is InChI=1S/C13H18N2O/c1-16-13-8-15(9-13)12-3-2-10-4-5-14-7-11(10)6-12/h2-3,6,13-14H,4-5,7-9H2,1H3. The monoisotopic (exact) mass is 218 g/mol. The number of hydrogen-bond donors (Lipinski definition) is 1. The first-order valence-electron chi connectivity index (χ1n) is 5.97. The summed E-state index contributed by atoms with van der Waals surface area (Å²) in [7, 11) is 1.79. The topological polar surface area (TPSA) is 24.5 Å². The number of nitrogens with one attached hydrogen (secondary N) is 1. The van der Waals surface area contributed by atoms with Crippen molar-refractivity contribution in [1.82, 2.24) is 5.32 Å². The van der Waals surface area contributed by atoms with Gasteiger partial charge in [-0.2, -0.15) is 0 Å². The minimum atomic E-state index is 0.425. The van der Waals surface area contributed by atoms with Crippen LogP contribution in [0.4, 0.5) is 5.69 Å². The lowest BCUT2D eigenvalue weighted by molar-refractivity contribution is 0.0787. The average molecular weight is 218 g/mol. The first-order valence-corrected chi connectivity index (χ1v) is 5.97. The second kappa shape index (κ2) is 4.07. The Morgan fingerprint density at radius 2 is 2.19 bits per heavy atom. The summed E-state index contributed by atoms with van der Waals surface area (Å²) in [6, 6.07) is 6.86. The molecule has 0 bridgehead atoms. The largest absolute Gasteiger partial charge is 0.378 e. The maximum Gasteiger partial charge on any atom is 0.0920 e. The first-order chi connectivity index (χ1) is 7.86. The van der Waals surface area contributed by atoms with Crippen LogP contribution in [0, 0.1) is 0 Å². The molecule has 16 heavy (non-hydrogen) atoms. The van der Waals surface area contributed by atoms with Crippen molar-refractivity contribution in [3.63, 3.8) is 0 Å². The van der Waals surface area contributed by atoms with Gasteiger partial charge in [-0.05, 0) is 36.2 Å². The lowest BCUT2D eigenvalue weighted by atomic mass is 9.99. The number of rotatable bonds is 2. The van der Waals surface area contributed by atoms with Gasteiger partial charge >= 0.3 is 0 Å². The van der Waals surface area contributed by atoms with Gasteiger partial charge in [-0.1, -0.05) is 6.07 Å². The Kier molecular flexibility index (Phi) is 2.58. The molecule has 0 spiro atoms. The highest BCUT2D eigenvalue weighted by atomic mass is 16.5. The molecule has 2 aliphatic heterocycles. The van der Waals surface area contributed by atoms with Gasteiger partial charge in [0.25, 0.3) is 0 Å². The zero-order valence-electron chi connectivity index (χ0n) is 9.70. The maximum absolute atomic E-state index is 5.30. The Morgan fingerprint density at radius 3 is 3.00 bits per heavy atom. The Hall–Kier alpha value is -1.06. The molecule has 1 fully saturated rings. The van der Waals surface area contributed by atoms with Gasteiger partial charge in [-0.15, -0.1) is 0 Å². The average Bonchev–Trinajstić information content (AvgIpc) is 2.27. The van der Waals surface area contributed by atoms with Gasteiger partial charge in [0.15, 0.2) is 0 Å². The third-order valence-electron chi connectivity index (χ3n) is 3.62. The Balaban J connectivity index is 1.76. The van der Waals surface area contributed by atoms with E-state index in [-0.39, 0.29) is 0 Å². The lowest BCUT2D eigenvalue weighted by Gasteiger charge is -2.40. The Bertz CT molecular complexity index is 386. The van der Waals surface area contributed by atoms with E-state index in [4.69, 9.17) is 4.74 Å². The molecule has 3 rings (SSSR count). The van der Waals surface area contributed by atoms with Crippen LogP contribution in [0.5, 0.6) is 0 Å². The zero-order valence-corrected chi connectivity index (χ0v) is 9.70. The fraction of sp³-hybridized carbons (Fsp3) is 0.538. The van der Waals surface area contributed by atoms with E-state index in [9.17, 15) is 0 Å². The number of hydrogen-bond acceptors (Lipinski definition) is 3. The summed E-state index contributed by atoms with van der Waals surface area (Å²) < 4.78 is 5.30. The highest BCUT2D eigenvalue weighted by molar-refractivity contribution is 5.53. The summed E-state index contributed by atoms with van der Waals surface area (Å²) in [6.07, 6.45) is 1.59. The van der Waals surface area contributed by atoms with Crippen LogP contribution in [0.3, 0.4) is 0 Å². The summed E-state index contributed by atoms with van der Waals surface area (Å²) in [5, 5.41) is 3.42. The predicted molar refractivity (Wildman–Crippen MR) is 64.9 cm³/mol. The number of anilines is 1. The molecule has 0 aliphatic carbocycles. The van der Waals surface area contributed by atoms with Gasteiger partial charge in [-0.3, -0.25) is 0 Å². The molecule has 0 saturated carbocycles. The molecule has 0 amide bonds. The van der Waals surface area contributed by atoms with E-state index in [2.05, 4.69) is 28.4 Å². The highest BCUT2D eigenvalue weighted by Crippen LogP contribution is 2.26. The van der Waals surface area contributed by atoms with E-state index in [1.54, 1.807) is 7.11 Å². The van der Waals surface area contributed by atoms with Crippen LogP contribution in [-0.2, 0) is 17.7 Å². The summed E-state index contributed by atoms with van der Waals surface area (Å²) >= 11 is 0. The molecular weight excluding hydrogens is 200 g/mol. The third-order valence-corrected chi connectivity index (χ3v) is 3.62. The molecule has 2 heterocycles. The molecule has 0 radical (unpaired) electrons. The normalized spacial score (nSPS) is 20.4. The van der Waals surface area contributed by atoms with E-state index >= 15 is 0 Å². The van der Waals surface area contributed by atoms with Gasteiger partial charge in [0.05, 0.1) is 6.10 Å². The van der Waals surface area contributed by atoms with Crippen molar-refractivity contribution < 1.29 is 4.74 Å². The molecule has 1 aromatic rings. The minimum absolute atomic E-state index is 0.425. The van der Waals surface area contributed by atoms with Crippen molar-refractivity contribution in [3.8, 4) is 0 Å². The van der Waals surface area contributed by atoms with E-state index in [1.807, 2.05) is 0 Å². The van der Waals surface area contributed by atoms with Crippen molar-refractivity contribution in [1.29, 1.82) is 0 Å². The molecule has 0 unspecified atom stereocenters. The summed E-state index contributed by atoms with van der Waals surface area (Å²) in [5.74, 6) is 0. The fourth-order valence-electron chi connectivity index (χ4n) is 2.46. The fourth-order valence-corrected chi connectivity index (χ4v) is 2.46. The Morgan fingerprint density at radius 1 is 1.31 bits per heavy atom. The molecule has 1 saturated heterocycles. The zero-order chi connectivity index (χ0) is 11.0. The number of nitrogens with zero attached hydrogens (tertiary/aromatic N) is 1. The second-order valence-electron chi connectivity index (χ2n) is 4.64. The molecule has 3 nitrogen and oxygen atoms in total. The summed E-state index contributed by atoms with van der Waals surface area (Å²) in [6.45, 7) is 4.19. The van der Waals surface area contributed by atoms with Crippen LogP contribution in [0.25, 0.3) is 0 Å². The van der Waals surface area contributed by atoms with Crippen LogP contribution in [0.1, 0.15) is 11.1 Å². The SMILES string of the molecule is COC1CN(c2ccc3c(c2)CNCC3)C1. The smallest absolute Gasteiger partial charge is 0.0920 e. The second-order valence-corrected chi connectivity index (χ2v) is 4.64. The van der Waals surface area contributed by atoms with Crippen molar-refractivity contribution in [2.24, 2.45) is 0 Å². The number of methoxy groups -OCH3 is 1. The van der Waals surface area contributed by atoms with Crippen molar-refractivity contribution >= 4 is 5.69 Å². The molecule has 3 heteroatoms. The van der Waals surface area contributed by atoms with Crippen LogP contribution in [0.15, 0.2) is 18.2 Å². The molecular formula is C13H18N2O. The van der Waals surface area contributed by atoms with Crippen LogP contribution >= 0.6 is 0 Å². The summed E-state index contributed by atoms with van der Waals surface area (Å²) in [5.41, 5.74) is 4.31. The Labute approximate surface area is 96.4 Å². The van der Waals surface area contributed by atoms with E-state index in [0.29, 0.717) is 6.10 Å². The van der Waals surface area contributed by atoms with Gasteiger partial charge in [0.2, 0.25) is 0 Å². The van der Waals surface area contributed by atoms with Crippen LogP contribution in [0.2, 0.25) is 0 Å². The maximum atomic E-state index is 5.30. The molecule has 1 N–H and O–H groups in total. The predicted octanol–water partition coefficient (Wildman–Crippen LogP) is 1.17. The van der Waals surface area contributed by atoms with E-state index in [1.165, 1.54) is 16.8 Å². The van der Waals surface area contributed by atoms with E-state index < -0.39 is 0 Å². The minimum Gasteiger partial charge on any atom is -0.378 e. The number of benzene rings is 1. The van der Waals surface area contributed by atoms with Gasteiger partial charge < -0.3 is 15.0 Å². The highest BCUT2D eigenvalue weighted by Gasteiger charge is 2.26. The van der Waals surface area contributed by atoms with E-state index in [0.717, 1.165) is 32.6 Å². The first kappa shape index (κ1) is 10.1. The number of fused-ring (bicyclic) bond motifs is 1. The van der Waals surface area contributed by atoms with Gasteiger partial charge in [0, 0.05) is 32.4 Å². The lowest BCUT2D eigenvalue weighted by Crippen LogP contribution is -2.51. The third kappa shape index (κ3) is 1.70. The molecule has 2 aliphatic rings. The van der Waals surface area contributed by atoms with Gasteiger partial charge in [-0.25, -0.2) is 0 Å². The van der Waals surface area contributed by atoms with Gasteiger partial charge in [0.1, 0.15) is 0 Å². The van der Waals surface area contributed by atoms with Crippen LogP contribution < -0.4 is 10.2 Å². The van der Waals surface area contributed by atoms with Crippen LogP contribution in [-0.4, -0.2) is 32.8 Å². The molecule has 0 atom stereocenters. The summed E-state index contributed by atoms with van der Waals surface area (Å²) in [4.78, 5) is 2.38. The quantitative estimate of drug-likeness (QED) is 0.806. The molecule has 1 aromatic carbocycles. The van der Waals surface area contributed by atoms with Crippen molar-refractivity contribution in [2.45, 2.75) is 19.1 Å².